The standard InChI is InChI=1S/C14H21FN2OS/c1-4-17-14(3,13(16)18)9-10(2)19-12-8-6-5-7-11(12)15/h5-8,10,17H,4,9H2,1-3H3,(H2,16,18). The second kappa shape index (κ2) is 6.91. The number of primary amides is 1. The number of hydrogen-bond acceptors (Lipinski definition) is 3. The molecule has 1 aromatic rings. The van der Waals surface area contributed by atoms with Crippen LogP contribution < -0.4 is 11.1 Å². The van der Waals surface area contributed by atoms with Gasteiger partial charge in [0.2, 0.25) is 5.91 Å². The number of likely N-dealkylation sites (N-methyl/N-ethyl adjacent to an activating group) is 1. The SMILES string of the molecule is CCNC(C)(CC(C)Sc1ccccc1F)C(N)=O. The molecule has 106 valence electrons. The molecule has 1 aromatic carbocycles. The van der Waals surface area contributed by atoms with Crippen molar-refractivity contribution in [1.29, 1.82) is 0 Å². The molecule has 0 fully saturated rings. The minimum absolute atomic E-state index is 0.0773. The van der Waals surface area contributed by atoms with E-state index in [1.807, 2.05) is 13.8 Å². The molecule has 0 aliphatic heterocycles. The summed E-state index contributed by atoms with van der Waals surface area (Å²) in [5.41, 5.74) is 4.69. The Bertz CT molecular complexity index is 441. The highest BCUT2D eigenvalue weighted by molar-refractivity contribution is 8.00. The van der Waals surface area contributed by atoms with Gasteiger partial charge in [-0.25, -0.2) is 4.39 Å². The summed E-state index contributed by atoms with van der Waals surface area (Å²) in [6.45, 7) is 6.35. The van der Waals surface area contributed by atoms with Crippen LogP contribution in [-0.2, 0) is 4.79 Å². The highest BCUT2D eigenvalue weighted by Gasteiger charge is 2.32. The molecule has 1 rings (SSSR count). The highest BCUT2D eigenvalue weighted by atomic mass is 32.2. The molecule has 3 nitrogen and oxygen atoms in total. The van der Waals surface area contributed by atoms with Crippen molar-refractivity contribution in [3.8, 4) is 0 Å². The van der Waals surface area contributed by atoms with Crippen molar-refractivity contribution in [2.45, 2.75) is 42.9 Å². The van der Waals surface area contributed by atoms with Gasteiger partial charge in [-0.05, 0) is 32.0 Å². The second-order valence-electron chi connectivity index (χ2n) is 4.79. The fourth-order valence-electron chi connectivity index (χ4n) is 2.02. The Morgan fingerprint density at radius 1 is 1.53 bits per heavy atom. The van der Waals surface area contributed by atoms with Gasteiger partial charge in [0, 0.05) is 10.1 Å². The first-order valence-corrected chi connectivity index (χ1v) is 7.23. The van der Waals surface area contributed by atoms with Crippen molar-refractivity contribution < 1.29 is 9.18 Å². The number of carbonyl (C=O) groups is 1. The van der Waals surface area contributed by atoms with Crippen molar-refractivity contribution in [2.75, 3.05) is 6.54 Å². The summed E-state index contributed by atoms with van der Waals surface area (Å²) < 4.78 is 13.6. The summed E-state index contributed by atoms with van der Waals surface area (Å²) in [4.78, 5) is 12.1. The third kappa shape index (κ3) is 4.51. The van der Waals surface area contributed by atoms with E-state index in [-0.39, 0.29) is 17.0 Å². The van der Waals surface area contributed by atoms with Crippen LogP contribution in [0.15, 0.2) is 29.2 Å². The minimum atomic E-state index is -0.758. The molecular formula is C14H21FN2OS. The van der Waals surface area contributed by atoms with Crippen molar-refractivity contribution in [1.82, 2.24) is 5.32 Å². The highest BCUT2D eigenvalue weighted by Crippen LogP contribution is 2.30. The van der Waals surface area contributed by atoms with Gasteiger partial charge in [0.15, 0.2) is 0 Å². The maximum atomic E-state index is 13.6. The average molecular weight is 284 g/mol. The fourth-order valence-corrected chi connectivity index (χ4v) is 3.21. The van der Waals surface area contributed by atoms with E-state index in [1.54, 1.807) is 25.1 Å². The van der Waals surface area contributed by atoms with Crippen LogP contribution in [0, 0.1) is 5.82 Å². The largest absolute Gasteiger partial charge is 0.368 e. The molecule has 2 atom stereocenters. The molecule has 0 heterocycles. The Kier molecular flexibility index (Phi) is 5.82. The molecule has 2 unspecified atom stereocenters. The van der Waals surface area contributed by atoms with Crippen LogP contribution >= 0.6 is 11.8 Å². The summed E-state index contributed by atoms with van der Waals surface area (Å²) in [5, 5.41) is 3.19. The molecular weight excluding hydrogens is 263 g/mol. The van der Waals surface area contributed by atoms with Crippen molar-refractivity contribution in [3.05, 3.63) is 30.1 Å². The van der Waals surface area contributed by atoms with Crippen LogP contribution in [0.5, 0.6) is 0 Å². The maximum Gasteiger partial charge on any atom is 0.237 e. The molecule has 5 heteroatoms. The molecule has 0 saturated carbocycles. The van der Waals surface area contributed by atoms with Crippen molar-refractivity contribution >= 4 is 17.7 Å². The van der Waals surface area contributed by atoms with Crippen molar-refractivity contribution in [3.63, 3.8) is 0 Å². The van der Waals surface area contributed by atoms with E-state index in [2.05, 4.69) is 5.32 Å². The van der Waals surface area contributed by atoms with Gasteiger partial charge in [0.25, 0.3) is 0 Å². The van der Waals surface area contributed by atoms with Gasteiger partial charge in [-0.15, -0.1) is 11.8 Å². The Morgan fingerprint density at radius 2 is 2.16 bits per heavy atom. The smallest absolute Gasteiger partial charge is 0.237 e. The molecule has 1 amide bonds. The van der Waals surface area contributed by atoms with E-state index in [4.69, 9.17) is 5.73 Å². The lowest BCUT2D eigenvalue weighted by atomic mass is 9.95. The number of hydrogen-bond donors (Lipinski definition) is 2. The van der Waals surface area contributed by atoms with Gasteiger partial charge in [-0.3, -0.25) is 4.79 Å². The van der Waals surface area contributed by atoms with Gasteiger partial charge < -0.3 is 11.1 Å². The molecule has 3 N–H and O–H groups in total. The lowest BCUT2D eigenvalue weighted by Crippen LogP contribution is -2.54. The number of amides is 1. The zero-order valence-electron chi connectivity index (χ0n) is 11.6. The van der Waals surface area contributed by atoms with Gasteiger partial charge in [-0.1, -0.05) is 26.0 Å². The normalized spacial score (nSPS) is 15.8. The summed E-state index contributed by atoms with van der Waals surface area (Å²) >= 11 is 1.42. The Morgan fingerprint density at radius 3 is 2.68 bits per heavy atom. The van der Waals surface area contributed by atoms with Crippen LogP contribution in [0.4, 0.5) is 4.39 Å². The Hall–Kier alpha value is -1.07. The molecule has 19 heavy (non-hydrogen) atoms. The van der Waals surface area contributed by atoms with Crippen LogP contribution in [0.3, 0.4) is 0 Å². The lowest BCUT2D eigenvalue weighted by Gasteiger charge is -2.29. The van der Waals surface area contributed by atoms with Crippen LogP contribution in [0.1, 0.15) is 27.2 Å². The minimum Gasteiger partial charge on any atom is -0.368 e. The summed E-state index contributed by atoms with van der Waals surface area (Å²) in [5.74, 6) is -0.612. The summed E-state index contributed by atoms with van der Waals surface area (Å²) in [6.07, 6.45) is 0.551. The fraction of sp³-hybridized carbons (Fsp3) is 0.500. The Labute approximate surface area is 118 Å². The van der Waals surface area contributed by atoms with Gasteiger partial charge in [0.1, 0.15) is 5.82 Å². The predicted molar refractivity (Wildman–Crippen MR) is 77.6 cm³/mol. The monoisotopic (exact) mass is 284 g/mol. The molecule has 0 aliphatic carbocycles. The number of benzene rings is 1. The number of thioether (sulfide) groups is 1. The van der Waals surface area contributed by atoms with E-state index in [0.717, 1.165) is 0 Å². The summed E-state index contributed by atoms with van der Waals surface area (Å²) in [7, 11) is 0. The van der Waals surface area contributed by atoms with E-state index in [0.29, 0.717) is 17.9 Å². The maximum absolute atomic E-state index is 13.6. The molecule has 0 aliphatic rings. The quantitative estimate of drug-likeness (QED) is 0.757. The third-order valence-corrected chi connectivity index (χ3v) is 4.13. The first kappa shape index (κ1) is 16.0. The van der Waals surface area contributed by atoms with Crippen LogP contribution in [-0.4, -0.2) is 23.2 Å². The second-order valence-corrected chi connectivity index (χ2v) is 6.27. The number of nitrogens with two attached hydrogens (primary N) is 1. The van der Waals surface area contributed by atoms with Gasteiger partial charge >= 0.3 is 0 Å². The van der Waals surface area contributed by atoms with Crippen LogP contribution in [0.2, 0.25) is 0 Å². The lowest BCUT2D eigenvalue weighted by molar-refractivity contribution is -0.124. The Balaban J connectivity index is 2.71. The average Bonchev–Trinajstić information content (AvgIpc) is 2.32. The van der Waals surface area contributed by atoms with E-state index >= 15 is 0 Å². The van der Waals surface area contributed by atoms with Gasteiger partial charge in [0.05, 0.1) is 5.54 Å². The summed E-state index contributed by atoms with van der Waals surface area (Å²) in [6, 6.07) is 6.64. The first-order valence-electron chi connectivity index (χ1n) is 6.35. The van der Waals surface area contributed by atoms with Crippen LogP contribution in [0.25, 0.3) is 0 Å². The molecule has 0 spiro atoms. The van der Waals surface area contributed by atoms with Gasteiger partial charge in [-0.2, -0.15) is 0 Å². The predicted octanol–water partition coefficient (Wildman–Crippen LogP) is 2.55. The number of halogens is 1. The third-order valence-electron chi connectivity index (χ3n) is 2.97. The first-order chi connectivity index (χ1) is 8.89. The molecule has 0 aromatic heterocycles. The molecule has 0 bridgehead atoms. The van der Waals surface area contributed by atoms with E-state index < -0.39 is 5.54 Å². The number of rotatable bonds is 7. The zero-order chi connectivity index (χ0) is 14.5. The zero-order valence-corrected chi connectivity index (χ0v) is 12.4. The number of nitrogens with one attached hydrogen (secondary N) is 1. The van der Waals surface area contributed by atoms with Crippen molar-refractivity contribution in [2.24, 2.45) is 5.73 Å². The van der Waals surface area contributed by atoms with E-state index in [1.165, 1.54) is 17.8 Å². The number of carbonyl (C=O) groups excluding carboxylic acids is 1. The molecule has 0 saturated heterocycles. The van der Waals surface area contributed by atoms with E-state index in [9.17, 15) is 9.18 Å². The molecule has 0 radical (unpaired) electrons. The topological polar surface area (TPSA) is 55.1 Å².